The normalized spacial score (nSPS) is 16.1. The smallest absolute Gasteiger partial charge is 0.244 e. The van der Waals surface area contributed by atoms with Crippen molar-refractivity contribution in [3.05, 3.63) is 30.3 Å². The molecule has 0 radical (unpaired) electrons. The van der Waals surface area contributed by atoms with Crippen LogP contribution in [0.1, 0.15) is 26.7 Å². The molecule has 24 heavy (non-hydrogen) atoms. The predicted octanol–water partition coefficient (Wildman–Crippen LogP) is 2.34. The summed E-state index contributed by atoms with van der Waals surface area (Å²) in [5.41, 5.74) is 0. The number of hydrogen-bond donors (Lipinski definition) is 2. The fourth-order valence-electron chi connectivity index (χ4n) is 2.57. The van der Waals surface area contributed by atoms with Crippen molar-refractivity contribution in [3.63, 3.8) is 0 Å². The van der Waals surface area contributed by atoms with E-state index in [0.717, 1.165) is 39.0 Å². The van der Waals surface area contributed by atoms with E-state index in [4.69, 9.17) is 0 Å². The van der Waals surface area contributed by atoms with Gasteiger partial charge < -0.3 is 15.5 Å². The summed E-state index contributed by atoms with van der Waals surface area (Å²) in [5.74, 6) is 0.835. The number of aliphatic imine (C=N–C) groups is 1. The first-order chi connectivity index (χ1) is 11.7. The number of nitrogens with one attached hydrogen (secondary N) is 2. The van der Waals surface area contributed by atoms with Crippen molar-refractivity contribution in [2.24, 2.45) is 4.99 Å². The van der Waals surface area contributed by atoms with E-state index >= 15 is 0 Å². The maximum Gasteiger partial charge on any atom is 0.244 e. The molecule has 0 saturated carbocycles. The highest BCUT2D eigenvalue weighted by molar-refractivity contribution is 8.00. The highest BCUT2D eigenvalue weighted by Gasteiger charge is 2.17. The summed E-state index contributed by atoms with van der Waals surface area (Å²) in [6, 6.07) is 10.4. The van der Waals surface area contributed by atoms with Crippen molar-refractivity contribution in [2.75, 3.05) is 32.7 Å². The third-order valence-corrected chi connectivity index (χ3v) is 4.93. The Balaban J connectivity index is 1.79. The molecule has 1 saturated heterocycles. The SMILES string of the molecule is CCNC(=NCC(=O)N1CCCC1)NCC(C)Sc1ccccc1. The molecule has 0 aromatic heterocycles. The Labute approximate surface area is 149 Å². The van der Waals surface area contributed by atoms with Crippen LogP contribution in [-0.2, 0) is 4.79 Å². The number of carbonyl (C=O) groups excluding carboxylic acids is 1. The van der Waals surface area contributed by atoms with Crippen molar-refractivity contribution in [3.8, 4) is 0 Å². The van der Waals surface area contributed by atoms with E-state index in [-0.39, 0.29) is 12.5 Å². The van der Waals surface area contributed by atoms with Crippen molar-refractivity contribution in [1.29, 1.82) is 0 Å². The summed E-state index contributed by atoms with van der Waals surface area (Å²) >= 11 is 1.83. The number of guanidine groups is 1. The topological polar surface area (TPSA) is 56.7 Å². The Hall–Kier alpha value is -1.69. The fourth-order valence-corrected chi connectivity index (χ4v) is 3.51. The highest BCUT2D eigenvalue weighted by atomic mass is 32.2. The summed E-state index contributed by atoms with van der Waals surface area (Å²) in [7, 11) is 0. The fraction of sp³-hybridized carbons (Fsp3) is 0.556. The molecule has 1 aromatic rings. The number of hydrogen-bond acceptors (Lipinski definition) is 3. The number of carbonyl (C=O) groups is 1. The van der Waals surface area contributed by atoms with Crippen LogP contribution in [0, 0.1) is 0 Å². The van der Waals surface area contributed by atoms with Crippen molar-refractivity contribution in [2.45, 2.75) is 36.8 Å². The molecule has 1 amide bonds. The lowest BCUT2D eigenvalue weighted by atomic mass is 10.4. The maximum absolute atomic E-state index is 12.1. The van der Waals surface area contributed by atoms with Gasteiger partial charge in [-0.1, -0.05) is 25.1 Å². The minimum Gasteiger partial charge on any atom is -0.357 e. The number of thioether (sulfide) groups is 1. The first kappa shape index (κ1) is 18.6. The molecule has 1 fully saturated rings. The Morgan fingerprint density at radius 2 is 1.96 bits per heavy atom. The van der Waals surface area contributed by atoms with Gasteiger partial charge in [0, 0.05) is 36.3 Å². The van der Waals surface area contributed by atoms with E-state index in [1.165, 1.54) is 4.90 Å². The van der Waals surface area contributed by atoms with Crippen LogP contribution in [-0.4, -0.2) is 54.7 Å². The van der Waals surface area contributed by atoms with Crippen molar-refractivity contribution >= 4 is 23.6 Å². The van der Waals surface area contributed by atoms with E-state index < -0.39 is 0 Å². The molecule has 0 bridgehead atoms. The first-order valence-corrected chi connectivity index (χ1v) is 9.58. The Morgan fingerprint density at radius 1 is 1.25 bits per heavy atom. The predicted molar refractivity (Wildman–Crippen MR) is 102 cm³/mol. The molecule has 1 aromatic carbocycles. The van der Waals surface area contributed by atoms with Gasteiger partial charge in [0.05, 0.1) is 0 Å². The lowest BCUT2D eigenvalue weighted by molar-refractivity contribution is -0.128. The van der Waals surface area contributed by atoms with Gasteiger partial charge in [-0.2, -0.15) is 0 Å². The molecule has 2 rings (SSSR count). The molecule has 1 heterocycles. The second-order valence-electron chi connectivity index (χ2n) is 5.91. The Morgan fingerprint density at radius 3 is 2.62 bits per heavy atom. The molecule has 1 unspecified atom stereocenters. The molecule has 6 heteroatoms. The van der Waals surface area contributed by atoms with E-state index in [0.29, 0.717) is 11.2 Å². The van der Waals surface area contributed by atoms with Crippen LogP contribution < -0.4 is 10.6 Å². The van der Waals surface area contributed by atoms with Crippen LogP contribution in [0.25, 0.3) is 0 Å². The zero-order chi connectivity index (χ0) is 17.2. The Bertz CT molecular complexity index is 529. The summed E-state index contributed by atoms with van der Waals surface area (Å²) < 4.78 is 0. The van der Waals surface area contributed by atoms with Gasteiger partial charge in [-0.15, -0.1) is 11.8 Å². The van der Waals surface area contributed by atoms with E-state index in [1.807, 2.05) is 29.7 Å². The molecule has 0 aliphatic carbocycles. The van der Waals surface area contributed by atoms with Gasteiger partial charge in [-0.05, 0) is 31.9 Å². The molecule has 1 aliphatic heterocycles. The summed E-state index contributed by atoms with van der Waals surface area (Å²) in [4.78, 5) is 19.7. The quantitative estimate of drug-likeness (QED) is 0.451. The van der Waals surface area contributed by atoms with Crippen molar-refractivity contribution < 1.29 is 4.79 Å². The van der Waals surface area contributed by atoms with Gasteiger partial charge >= 0.3 is 0 Å². The summed E-state index contributed by atoms with van der Waals surface area (Å²) in [6.07, 6.45) is 2.23. The second-order valence-corrected chi connectivity index (χ2v) is 7.42. The number of likely N-dealkylation sites (tertiary alicyclic amines) is 1. The van der Waals surface area contributed by atoms with E-state index in [2.05, 4.69) is 46.8 Å². The maximum atomic E-state index is 12.1. The standard InChI is InChI=1S/C18H28N4OS/c1-3-19-18(21-14-17(23)22-11-7-8-12-22)20-13-15(2)24-16-9-5-4-6-10-16/h4-6,9-10,15H,3,7-8,11-14H2,1-2H3,(H2,19,20,21). The van der Waals surface area contributed by atoms with Gasteiger partial charge in [0.1, 0.15) is 6.54 Å². The lowest BCUT2D eigenvalue weighted by Gasteiger charge is -2.17. The zero-order valence-electron chi connectivity index (χ0n) is 14.6. The van der Waals surface area contributed by atoms with Crippen LogP contribution in [0.5, 0.6) is 0 Å². The van der Waals surface area contributed by atoms with Gasteiger partial charge in [-0.3, -0.25) is 4.79 Å². The molecule has 1 aliphatic rings. The van der Waals surface area contributed by atoms with E-state index in [1.54, 1.807) is 0 Å². The van der Waals surface area contributed by atoms with Gasteiger partial charge in [-0.25, -0.2) is 4.99 Å². The summed E-state index contributed by atoms with van der Waals surface area (Å²) in [5, 5.41) is 6.95. The van der Waals surface area contributed by atoms with Gasteiger partial charge in [0.25, 0.3) is 0 Å². The third kappa shape index (κ3) is 6.43. The average molecular weight is 349 g/mol. The van der Waals surface area contributed by atoms with Crippen LogP contribution in [0.2, 0.25) is 0 Å². The third-order valence-electron chi connectivity index (χ3n) is 3.81. The molecular weight excluding hydrogens is 320 g/mol. The average Bonchev–Trinajstić information content (AvgIpc) is 3.12. The number of amides is 1. The lowest BCUT2D eigenvalue weighted by Crippen LogP contribution is -2.41. The molecular formula is C18H28N4OS. The van der Waals surface area contributed by atoms with Gasteiger partial charge in [0.2, 0.25) is 5.91 Å². The summed E-state index contributed by atoms with van der Waals surface area (Å²) in [6.45, 7) is 7.76. The minimum atomic E-state index is 0.122. The van der Waals surface area contributed by atoms with Crippen LogP contribution >= 0.6 is 11.8 Å². The van der Waals surface area contributed by atoms with Crippen LogP contribution in [0.4, 0.5) is 0 Å². The molecule has 0 spiro atoms. The second kappa shape index (κ2) is 10.2. The minimum absolute atomic E-state index is 0.122. The number of nitrogens with zero attached hydrogens (tertiary/aromatic N) is 2. The molecule has 2 N–H and O–H groups in total. The molecule has 1 atom stereocenters. The van der Waals surface area contributed by atoms with Crippen LogP contribution in [0.15, 0.2) is 40.2 Å². The van der Waals surface area contributed by atoms with Gasteiger partial charge in [0.15, 0.2) is 5.96 Å². The van der Waals surface area contributed by atoms with Crippen LogP contribution in [0.3, 0.4) is 0 Å². The zero-order valence-corrected chi connectivity index (χ0v) is 15.4. The number of rotatable bonds is 7. The largest absolute Gasteiger partial charge is 0.357 e. The monoisotopic (exact) mass is 348 g/mol. The molecule has 5 nitrogen and oxygen atoms in total. The first-order valence-electron chi connectivity index (χ1n) is 8.70. The Kier molecular flexibility index (Phi) is 7.95. The van der Waals surface area contributed by atoms with Crippen molar-refractivity contribution in [1.82, 2.24) is 15.5 Å². The van der Waals surface area contributed by atoms with E-state index in [9.17, 15) is 4.79 Å². The molecule has 132 valence electrons. The number of benzene rings is 1. The highest BCUT2D eigenvalue weighted by Crippen LogP contribution is 2.21.